The van der Waals surface area contributed by atoms with Crippen LogP contribution in [0.25, 0.3) is 88.3 Å². The third-order valence-corrected chi connectivity index (χ3v) is 16.8. The predicted molar refractivity (Wildman–Crippen MR) is 387 cm³/mol. The lowest BCUT2D eigenvalue weighted by molar-refractivity contribution is 1.29. The van der Waals surface area contributed by atoms with Crippen molar-refractivity contribution in [3.63, 3.8) is 0 Å². The minimum atomic E-state index is 0.567. The summed E-state index contributed by atoms with van der Waals surface area (Å²) in [5.41, 5.74) is 20.7. The zero-order chi connectivity index (χ0) is 63.2. The first-order valence-electron chi connectivity index (χ1n) is 29.7. The number of para-hydroxylation sites is 4. The third-order valence-electron chi connectivity index (χ3n) is 16.8. The molecule has 0 aliphatic heterocycles. The summed E-state index contributed by atoms with van der Waals surface area (Å²) in [5, 5.41) is 3.83. The minimum absolute atomic E-state index is 0.567. The van der Waals surface area contributed by atoms with E-state index in [2.05, 4.69) is 233 Å². The largest absolute Gasteiger partial charge is 0.310 e. The molecule has 0 aromatic heterocycles. The third kappa shape index (κ3) is 10.4. The van der Waals surface area contributed by atoms with Crippen LogP contribution in [0.4, 0.5) is 34.1 Å². The Labute approximate surface area is 539 Å². The quantitative estimate of drug-likeness (QED) is 0.0889. The highest BCUT2D eigenvalue weighted by Crippen LogP contribution is 2.51. The van der Waals surface area contributed by atoms with E-state index in [1.165, 1.54) is 0 Å². The lowest BCUT2D eigenvalue weighted by atomic mass is 9.82. The van der Waals surface area contributed by atoms with Crippen LogP contribution in [-0.2, 0) is 0 Å². The molecule has 2 nitrogen and oxygen atoms in total. The van der Waals surface area contributed by atoms with Gasteiger partial charge in [-0.05, 0) is 216 Å². The number of hydrogen-bond acceptors (Lipinski definition) is 2. The van der Waals surface area contributed by atoms with E-state index < -0.39 is 0 Å². The van der Waals surface area contributed by atoms with Gasteiger partial charge in [0.2, 0.25) is 0 Å². The van der Waals surface area contributed by atoms with E-state index in [4.69, 9.17) is 51.4 Å². The number of rotatable bonds is 12. The van der Waals surface area contributed by atoms with Gasteiger partial charge in [-0.2, -0.15) is 0 Å². The highest BCUT2D eigenvalue weighted by molar-refractivity contribution is 6.23. The number of fused-ring (bicyclic) bond motifs is 2. The zero-order valence-electron chi connectivity index (χ0n) is 49.9. The van der Waals surface area contributed by atoms with Gasteiger partial charge in [-0.1, -0.05) is 187 Å². The maximum atomic E-state index is 6.50. The van der Waals surface area contributed by atoms with Crippen LogP contribution in [0.1, 0.15) is 44.5 Å². The topological polar surface area (TPSA) is 6.48 Å². The fourth-order valence-corrected chi connectivity index (χ4v) is 12.7. The smallest absolute Gasteiger partial charge is 0.0477 e. The van der Waals surface area contributed by atoms with Gasteiger partial charge in [-0.15, -0.1) is 51.4 Å². The molecular formula is C90H52N2. The highest BCUT2D eigenvalue weighted by Gasteiger charge is 2.25. The van der Waals surface area contributed by atoms with E-state index in [-0.39, 0.29) is 0 Å². The van der Waals surface area contributed by atoms with E-state index >= 15 is 0 Å². The van der Waals surface area contributed by atoms with Gasteiger partial charge in [0.05, 0.1) is 0 Å². The summed E-state index contributed by atoms with van der Waals surface area (Å²) in [7, 11) is 0. The molecule has 0 spiro atoms. The first kappa shape index (κ1) is 57.5. The molecule has 13 rings (SSSR count). The summed E-state index contributed by atoms with van der Waals surface area (Å²) in [6, 6.07) is 91.5. The van der Waals surface area contributed by atoms with E-state index in [0.717, 1.165) is 122 Å². The summed E-state index contributed by atoms with van der Waals surface area (Å²) < 4.78 is 0. The summed E-state index contributed by atoms with van der Waals surface area (Å²) in [4.78, 5) is 4.56. The molecule has 2 heteroatoms. The molecular weight excluding hydrogens is 1110 g/mol. The Morgan fingerprint density at radius 3 is 1.03 bits per heavy atom. The van der Waals surface area contributed by atoms with Gasteiger partial charge >= 0.3 is 0 Å². The van der Waals surface area contributed by atoms with Crippen molar-refractivity contribution in [2.75, 3.05) is 9.80 Å². The Bertz CT molecular complexity index is 5400. The van der Waals surface area contributed by atoms with Crippen molar-refractivity contribution in [3.8, 4) is 166 Å². The van der Waals surface area contributed by atoms with Crippen LogP contribution < -0.4 is 9.80 Å². The molecule has 0 saturated carbocycles. The van der Waals surface area contributed by atoms with Crippen LogP contribution in [0.15, 0.2) is 267 Å². The van der Waals surface area contributed by atoms with Gasteiger partial charge in [0, 0.05) is 78.6 Å². The molecule has 0 aliphatic rings. The number of anilines is 6. The lowest BCUT2D eigenvalue weighted by Crippen LogP contribution is -2.10. The van der Waals surface area contributed by atoms with Gasteiger partial charge in [0.1, 0.15) is 0 Å². The molecule has 13 aromatic carbocycles. The maximum Gasteiger partial charge on any atom is 0.0477 e. The number of benzene rings is 13. The van der Waals surface area contributed by atoms with Crippen molar-refractivity contribution < 1.29 is 0 Å². The Morgan fingerprint density at radius 2 is 0.587 bits per heavy atom. The van der Waals surface area contributed by atoms with E-state index in [9.17, 15) is 0 Å². The first-order valence-corrected chi connectivity index (χ1v) is 29.7. The van der Waals surface area contributed by atoms with Crippen LogP contribution in [0.3, 0.4) is 0 Å². The SMILES string of the molecule is C#Cc1ccc(-c2c3ccc(N(c4ccccc4)c4ccccc4)cc3c(-c3cc(-c4ccc(-c5cccc(C#C)c5C#C)c(-c5cccc(C#C)c5C#C)c4)cc(-c4cccc(C#C)c4C#C)c3)c3ccc(N(c4ccccc4)c4ccccc4)cc23)cc1C#C. The average Bonchev–Trinajstić information content (AvgIpc) is 0.729. The second-order valence-electron chi connectivity index (χ2n) is 21.9. The van der Waals surface area contributed by atoms with Crippen LogP contribution in [0.5, 0.6) is 0 Å². The highest BCUT2D eigenvalue weighted by atomic mass is 15.1. The molecule has 0 radical (unpaired) electrons. The maximum absolute atomic E-state index is 6.50. The zero-order valence-corrected chi connectivity index (χ0v) is 49.9. The molecule has 0 amide bonds. The summed E-state index contributed by atoms with van der Waals surface area (Å²) in [6.07, 6.45) is 50.3. The number of hydrogen-bond donors (Lipinski definition) is 0. The molecule has 0 atom stereocenters. The molecule has 92 heavy (non-hydrogen) atoms. The van der Waals surface area contributed by atoms with E-state index in [1.54, 1.807) is 0 Å². The number of terminal acetylenes is 8. The molecule has 0 N–H and O–H groups in total. The van der Waals surface area contributed by atoms with Crippen LogP contribution in [0.2, 0.25) is 0 Å². The van der Waals surface area contributed by atoms with Gasteiger partial charge in [0.25, 0.3) is 0 Å². The molecule has 0 bridgehead atoms. The average molecular weight is 1160 g/mol. The van der Waals surface area contributed by atoms with E-state index in [0.29, 0.717) is 44.5 Å². The molecule has 0 fully saturated rings. The monoisotopic (exact) mass is 1160 g/mol. The Balaban J connectivity index is 1.20. The lowest BCUT2D eigenvalue weighted by Gasteiger charge is -2.28. The van der Waals surface area contributed by atoms with Crippen molar-refractivity contribution in [3.05, 3.63) is 311 Å². The van der Waals surface area contributed by atoms with Gasteiger partial charge in [-0.25, -0.2) is 0 Å². The molecule has 13 aromatic rings. The van der Waals surface area contributed by atoms with Crippen molar-refractivity contribution in [1.29, 1.82) is 0 Å². The Kier molecular flexibility index (Phi) is 15.7. The van der Waals surface area contributed by atoms with Gasteiger partial charge in [0.15, 0.2) is 0 Å². The predicted octanol–water partition coefficient (Wildman–Crippen LogP) is 20.8. The summed E-state index contributed by atoms with van der Waals surface area (Å²) >= 11 is 0. The fourth-order valence-electron chi connectivity index (χ4n) is 12.7. The molecule has 0 saturated heterocycles. The van der Waals surface area contributed by atoms with Gasteiger partial charge < -0.3 is 9.80 Å². The summed E-state index contributed by atoms with van der Waals surface area (Å²) in [5.74, 6) is 23.1. The van der Waals surface area contributed by atoms with Crippen molar-refractivity contribution in [2.45, 2.75) is 0 Å². The molecule has 0 heterocycles. The molecule has 0 aliphatic carbocycles. The molecule has 422 valence electrons. The molecule has 0 unspecified atom stereocenters. The Morgan fingerprint density at radius 1 is 0.196 bits per heavy atom. The standard InChI is InChI=1S/C90H52N2/c1-9-61-46-47-67(54-65(61)13-5)89-84-52-49-76(92(73-39-25-19-26-40-73)74-41-27-20-28-42-74)60-88(84)90(85-53-50-75(59-87(85)89)91(71-35-21-17-22-36-71)72-37-23-18-24-38-72)70-56-68(55-69(57-70)80-43-29-32-62(10-2)77(80)14-6)66-48-51-83(81-44-30-33-63(11-3)78(81)15-7)86(58-66)82-45-31-34-64(12-4)79(82)16-8/h1-8,17-60H. The van der Waals surface area contributed by atoms with Crippen molar-refractivity contribution >= 4 is 55.7 Å². The van der Waals surface area contributed by atoms with Crippen molar-refractivity contribution in [2.24, 2.45) is 0 Å². The van der Waals surface area contributed by atoms with Gasteiger partial charge in [-0.3, -0.25) is 0 Å². The van der Waals surface area contributed by atoms with Crippen LogP contribution >= 0.6 is 0 Å². The Hall–Kier alpha value is -13.5. The summed E-state index contributed by atoms with van der Waals surface area (Å²) in [6.45, 7) is 0. The van der Waals surface area contributed by atoms with E-state index in [1.807, 2.05) is 91.0 Å². The minimum Gasteiger partial charge on any atom is -0.310 e. The van der Waals surface area contributed by atoms with Crippen LogP contribution in [0, 0.1) is 98.8 Å². The first-order chi connectivity index (χ1) is 45.3. The van der Waals surface area contributed by atoms with Crippen molar-refractivity contribution in [1.82, 2.24) is 0 Å². The second kappa shape index (κ2) is 25.0. The fraction of sp³-hybridized carbons (Fsp3) is 0. The van der Waals surface area contributed by atoms with Crippen LogP contribution in [-0.4, -0.2) is 0 Å². The normalized spacial score (nSPS) is 10.5. The number of nitrogens with zero attached hydrogens (tertiary/aromatic N) is 2. The second-order valence-corrected chi connectivity index (χ2v) is 21.9.